The maximum atomic E-state index is 12.3. The van der Waals surface area contributed by atoms with E-state index in [1.165, 1.54) is 29.2 Å². The molecule has 0 saturated carbocycles. The number of nitrogens with one attached hydrogen (secondary N) is 1. The van der Waals surface area contributed by atoms with E-state index in [1.807, 2.05) is 18.2 Å². The molecule has 5 nitrogen and oxygen atoms in total. The van der Waals surface area contributed by atoms with E-state index in [0.717, 1.165) is 17.7 Å². The number of fused-ring (bicyclic) bond motifs is 1. The Kier molecular flexibility index (Phi) is 4.11. The number of carbonyl (C=O) groups is 1. The molecule has 1 aliphatic rings. The summed E-state index contributed by atoms with van der Waals surface area (Å²) >= 11 is 1.79. The third-order valence-corrected chi connectivity index (χ3v) is 4.73. The Balaban J connectivity index is 1.76. The number of benzene rings is 2. The van der Waals surface area contributed by atoms with Crippen molar-refractivity contribution in [3.05, 3.63) is 69.8 Å². The van der Waals surface area contributed by atoms with Crippen molar-refractivity contribution in [2.75, 3.05) is 5.75 Å². The molecule has 3 rings (SSSR count). The second-order valence-electron chi connectivity index (χ2n) is 5.00. The number of amides is 1. The minimum atomic E-state index is -0.476. The largest absolute Gasteiger partial charge is 0.345 e. The molecule has 6 heteroatoms. The Morgan fingerprint density at radius 2 is 1.91 bits per heavy atom. The Labute approximate surface area is 131 Å². The van der Waals surface area contributed by atoms with Gasteiger partial charge in [-0.05, 0) is 30.2 Å². The summed E-state index contributed by atoms with van der Waals surface area (Å²) in [4.78, 5) is 23.7. The highest BCUT2D eigenvalue weighted by atomic mass is 32.2. The molecule has 2 aromatic carbocycles. The van der Waals surface area contributed by atoms with Gasteiger partial charge in [-0.15, -0.1) is 11.8 Å². The fraction of sp³-hybridized carbons (Fsp3) is 0.188. The van der Waals surface area contributed by atoms with Crippen LogP contribution in [-0.4, -0.2) is 16.6 Å². The zero-order valence-corrected chi connectivity index (χ0v) is 12.5. The molecule has 1 heterocycles. The average Bonchev–Trinajstić information content (AvgIpc) is 2.55. The minimum absolute atomic E-state index is 0.0138. The monoisotopic (exact) mass is 314 g/mol. The summed E-state index contributed by atoms with van der Waals surface area (Å²) in [6.45, 7) is 0. The van der Waals surface area contributed by atoms with Crippen LogP contribution in [0.15, 0.2) is 53.4 Å². The molecular formula is C16H14N2O3S. The summed E-state index contributed by atoms with van der Waals surface area (Å²) in [5, 5.41) is 13.7. The van der Waals surface area contributed by atoms with Crippen LogP contribution in [0.3, 0.4) is 0 Å². The number of hydrogen-bond acceptors (Lipinski definition) is 4. The quantitative estimate of drug-likeness (QED) is 0.694. The lowest BCUT2D eigenvalue weighted by Crippen LogP contribution is -2.30. The van der Waals surface area contributed by atoms with Crippen molar-refractivity contribution in [1.29, 1.82) is 0 Å². The molecular weight excluding hydrogens is 300 g/mol. The maximum absolute atomic E-state index is 12.3. The molecule has 1 atom stereocenters. The molecule has 1 aliphatic heterocycles. The summed E-state index contributed by atoms with van der Waals surface area (Å²) in [6, 6.07) is 13.7. The van der Waals surface area contributed by atoms with Gasteiger partial charge in [-0.3, -0.25) is 14.9 Å². The lowest BCUT2D eigenvalue weighted by Gasteiger charge is -2.25. The van der Waals surface area contributed by atoms with Gasteiger partial charge in [0, 0.05) is 28.3 Å². The molecule has 112 valence electrons. The van der Waals surface area contributed by atoms with Crippen molar-refractivity contribution in [2.24, 2.45) is 0 Å². The van der Waals surface area contributed by atoms with Crippen LogP contribution in [-0.2, 0) is 0 Å². The lowest BCUT2D eigenvalue weighted by atomic mass is 10.0. The fourth-order valence-electron chi connectivity index (χ4n) is 2.47. The highest BCUT2D eigenvalue weighted by Gasteiger charge is 2.22. The van der Waals surface area contributed by atoms with E-state index in [2.05, 4.69) is 11.4 Å². The van der Waals surface area contributed by atoms with Crippen molar-refractivity contribution in [2.45, 2.75) is 17.4 Å². The van der Waals surface area contributed by atoms with E-state index in [1.54, 1.807) is 11.8 Å². The van der Waals surface area contributed by atoms with Crippen molar-refractivity contribution < 1.29 is 9.72 Å². The fourth-order valence-corrected chi connectivity index (χ4v) is 3.59. The van der Waals surface area contributed by atoms with Crippen molar-refractivity contribution in [3.63, 3.8) is 0 Å². The predicted molar refractivity (Wildman–Crippen MR) is 85.1 cm³/mol. The van der Waals surface area contributed by atoms with Crippen LogP contribution in [0.5, 0.6) is 0 Å². The zero-order chi connectivity index (χ0) is 15.5. The predicted octanol–water partition coefficient (Wildman–Crippen LogP) is 3.56. The maximum Gasteiger partial charge on any atom is 0.269 e. The second-order valence-corrected chi connectivity index (χ2v) is 6.14. The highest BCUT2D eigenvalue weighted by Crippen LogP contribution is 2.35. The Morgan fingerprint density at radius 3 is 2.64 bits per heavy atom. The SMILES string of the molecule is O=C(N[C@@H]1CCSc2ccccc21)c1ccc([N+](=O)[O-])cc1. The number of nitro benzene ring substituents is 1. The van der Waals surface area contributed by atoms with Gasteiger partial charge in [0.1, 0.15) is 0 Å². The van der Waals surface area contributed by atoms with Crippen molar-refractivity contribution in [3.8, 4) is 0 Å². The molecule has 0 aliphatic carbocycles. The number of non-ortho nitro benzene ring substituents is 1. The second kappa shape index (κ2) is 6.19. The summed E-state index contributed by atoms with van der Waals surface area (Å²) in [5.41, 5.74) is 1.55. The van der Waals surface area contributed by atoms with Crippen molar-refractivity contribution >= 4 is 23.4 Å². The normalized spacial score (nSPS) is 16.6. The average molecular weight is 314 g/mol. The summed E-state index contributed by atoms with van der Waals surface area (Å²) in [7, 11) is 0. The van der Waals surface area contributed by atoms with Gasteiger partial charge in [0.05, 0.1) is 11.0 Å². The molecule has 1 N–H and O–H groups in total. The van der Waals surface area contributed by atoms with Gasteiger partial charge < -0.3 is 5.32 Å². The van der Waals surface area contributed by atoms with Crippen LogP contribution >= 0.6 is 11.8 Å². The van der Waals surface area contributed by atoms with Gasteiger partial charge in [-0.1, -0.05) is 18.2 Å². The Bertz CT molecular complexity index is 716. The molecule has 0 bridgehead atoms. The number of nitro groups is 1. The summed E-state index contributed by atoms with van der Waals surface area (Å²) in [5.74, 6) is 0.754. The minimum Gasteiger partial charge on any atom is -0.345 e. The van der Waals surface area contributed by atoms with Crippen LogP contribution in [0, 0.1) is 10.1 Å². The van der Waals surface area contributed by atoms with E-state index in [4.69, 9.17) is 0 Å². The van der Waals surface area contributed by atoms with Crippen molar-refractivity contribution in [1.82, 2.24) is 5.32 Å². The molecule has 22 heavy (non-hydrogen) atoms. The summed E-state index contributed by atoms with van der Waals surface area (Å²) < 4.78 is 0. The van der Waals surface area contributed by atoms with Gasteiger partial charge >= 0.3 is 0 Å². The molecule has 0 aromatic heterocycles. The lowest BCUT2D eigenvalue weighted by molar-refractivity contribution is -0.384. The number of rotatable bonds is 3. The van der Waals surface area contributed by atoms with E-state index in [9.17, 15) is 14.9 Å². The van der Waals surface area contributed by atoms with E-state index in [-0.39, 0.29) is 17.6 Å². The Hall–Kier alpha value is -2.34. The molecule has 0 fully saturated rings. The first kappa shape index (κ1) is 14.6. The van der Waals surface area contributed by atoms with Gasteiger partial charge in [0.25, 0.3) is 11.6 Å². The molecule has 0 saturated heterocycles. The number of hydrogen-bond donors (Lipinski definition) is 1. The first-order valence-corrected chi connectivity index (χ1v) is 7.91. The van der Waals surface area contributed by atoms with Crippen LogP contribution in [0.2, 0.25) is 0 Å². The first-order valence-electron chi connectivity index (χ1n) is 6.92. The van der Waals surface area contributed by atoms with Crippen LogP contribution < -0.4 is 5.32 Å². The molecule has 0 spiro atoms. The smallest absolute Gasteiger partial charge is 0.269 e. The molecule has 0 radical (unpaired) electrons. The molecule has 1 amide bonds. The van der Waals surface area contributed by atoms with Crippen LogP contribution in [0.1, 0.15) is 28.4 Å². The van der Waals surface area contributed by atoms with Gasteiger partial charge in [-0.2, -0.15) is 0 Å². The number of carbonyl (C=O) groups excluding carboxylic acids is 1. The topological polar surface area (TPSA) is 72.2 Å². The third-order valence-electron chi connectivity index (χ3n) is 3.60. The summed E-state index contributed by atoms with van der Waals surface area (Å²) in [6.07, 6.45) is 0.875. The third kappa shape index (κ3) is 2.96. The van der Waals surface area contributed by atoms with Crippen LogP contribution in [0.4, 0.5) is 5.69 Å². The molecule has 2 aromatic rings. The van der Waals surface area contributed by atoms with Gasteiger partial charge in [0.2, 0.25) is 0 Å². The van der Waals surface area contributed by atoms with Gasteiger partial charge in [-0.25, -0.2) is 0 Å². The molecule has 0 unspecified atom stereocenters. The van der Waals surface area contributed by atoms with Crippen LogP contribution in [0.25, 0.3) is 0 Å². The number of nitrogens with zero attached hydrogens (tertiary/aromatic N) is 1. The first-order chi connectivity index (χ1) is 10.6. The van der Waals surface area contributed by atoms with E-state index < -0.39 is 4.92 Å². The van der Waals surface area contributed by atoms with E-state index in [0.29, 0.717) is 5.56 Å². The highest BCUT2D eigenvalue weighted by molar-refractivity contribution is 7.99. The zero-order valence-electron chi connectivity index (χ0n) is 11.7. The Morgan fingerprint density at radius 1 is 1.18 bits per heavy atom. The van der Waals surface area contributed by atoms with Gasteiger partial charge in [0.15, 0.2) is 0 Å². The van der Waals surface area contributed by atoms with E-state index >= 15 is 0 Å². The standard InChI is InChI=1S/C16H14N2O3S/c19-16(11-5-7-12(8-6-11)18(20)21)17-14-9-10-22-15-4-2-1-3-13(14)15/h1-8,14H,9-10H2,(H,17,19)/t14-/m1/s1. The number of thioether (sulfide) groups is 1.